The molecule has 0 aliphatic carbocycles. The van der Waals surface area contributed by atoms with E-state index in [0.717, 1.165) is 5.75 Å². The lowest BCUT2D eigenvalue weighted by Crippen LogP contribution is -2.37. The Labute approximate surface area is 114 Å². The van der Waals surface area contributed by atoms with Crippen molar-refractivity contribution in [3.63, 3.8) is 0 Å². The Balaban J connectivity index is 2.14. The van der Waals surface area contributed by atoms with Gasteiger partial charge in [-0.15, -0.1) is 0 Å². The molecule has 1 saturated heterocycles. The first-order valence-electron chi connectivity index (χ1n) is 6.67. The van der Waals surface area contributed by atoms with Gasteiger partial charge in [-0.05, 0) is 33.0 Å². The normalized spacial score (nSPS) is 22.7. The van der Waals surface area contributed by atoms with E-state index in [9.17, 15) is 4.79 Å². The lowest BCUT2D eigenvalue weighted by atomic mass is 9.93. The number of rotatable bonds is 5. The Hall–Kier alpha value is -1.39. The van der Waals surface area contributed by atoms with E-state index in [1.54, 1.807) is 0 Å². The molecule has 1 fully saturated rings. The number of benzene rings is 1. The molecule has 0 bridgehead atoms. The lowest BCUT2D eigenvalue weighted by molar-refractivity contribution is 0.0891. The van der Waals surface area contributed by atoms with E-state index >= 15 is 0 Å². The third-order valence-electron chi connectivity index (χ3n) is 3.28. The summed E-state index contributed by atoms with van der Waals surface area (Å²) in [6.07, 6.45) is 0.102. The molecule has 1 aromatic rings. The first-order valence-corrected chi connectivity index (χ1v) is 6.67. The van der Waals surface area contributed by atoms with Gasteiger partial charge in [0.2, 0.25) is 0 Å². The van der Waals surface area contributed by atoms with Crippen molar-refractivity contribution in [3.8, 4) is 5.75 Å². The molecule has 0 amide bonds. The van der Waals surface area contributed by atoms with Crippen molar-refractivity contribution in [1.82, 2.24) is 5.32 Å². The van der Waals surface area contributed by atoms with Crippen LogP contribution in [0.1, 0.15) is 24.2 Å². The maximum atomic E-state index is 12.5. The van der Waals surface area contributed by atoms with Gasteiger partial charge in [0.1, 0.15) is 5.75 Å². The van der Waals surface area contributed by atoms with Gasteiger partial charge in [-0.2, -0.15) is 0 Å². The molecule has 1 N–H and O–H groups in total. The zero-order chi connectivity index (χ0) is 13.8. The van der Waals surface area contributed by atoms with Crippen molar-refractivity contribution in [3.05, 3.63) is 29.8 Å². The summed E-state index contributed by atoms with van der Waals surface area (Å²) < 4.78 is 11.0. The number of hydrogen-bond donors (Lipinski definition) is 1. The molecule has 2 unspecified atom stereocenters. The maximum absolute atomic E-state index is 12.5. The molecule has 0 radical (unpaired) electrons. The molecule has 1 aliphatic rings. The highest BCUT2D eigenvalue weighted by atomic mass is 16.5. The van der Waals surface area contributed by atoms with Crippen molar-refractivity contribution in [2.24, 2.45) is 5.92 Å². The average molecular weight is 263 g/mol. The number of Topliss-reactive ketones (excluding diaryl/α,β-unsaturated/α-hetero) is 1. The summed E-state index contributed by atoms with van der Waals surface area (Å²) in [5.41, 5.74) is 0.689. The van der Waals surface area contributed by atoms with Crippen LogP contribution < -0.4 is 10.1 Å². The summed E-state index contributed by atoms with van der Waals surface area (Å²) in [5.74, 6) is 0.742. The molecule has 0 spiro atoms. The van der Waals surface area contributed by atoms with E-state index in [1.807, 2.05) is 45.2 Å². The minimum atomic E-state index is -0.112. The smallest absolute Gasteiger partial charge is 0.170 e. The molecule has 4 nitrogen and oxygen atoms in total. The van der Waals surface area contributed by atoms with Gasteiger partial charge in [-0.3, -0.25) is 4.79 Å². The topological polar surface area (TPSA) is 47.6 Å². The first-order chi connectivity index (χ1) is 9.11. The molecule has 2 atom stereocenters. The van der Waals surface area contributed by atoms with E-state index in [0.29, 0.717) is 18.8 Å². The molecule has 0 aromatic heterocycles. The van der Waals surface area contributed by atoms with Crippen LogP contribution >= 0.6 is 0 Å². The van der Waals surface area contributed by atoms with Gasteiger partial charge < -0.3 is 14.8 Å². The second kappa shape index (κ2) is 6.17. The van der Waals surface area contributed by atoms with Crippen LogP contribution in [0, 0.1) is 5.92 Å². The highest BCUT2D eigenvalue weighted by molar-refractivity contribution is 5.98. The minimum absolute atomic E-state index is 0.0992. The standard InChI is InChI=1S/C15H21NO3/c1-10(2)19-12-6-4-5-11(7-12)15(17)13-8-18-9-14(13)16-3/h4-7,10,13-14,16H,8-9H2,1-3H3. The number of nitrogens with one attached hydrogen (secondary N) is 1. The molecule has 104 valence electrons. The van der Waals surface area contributed by atoms with Gasteiger partial charge in [0.25, 0.3) is 0 Å². The molecule has 19 heavy (non-hydrogen) atoms. The van der Waals surface area contributed by atoms with Gasteiger partial charge in [0, 0.05) is 11.6 Å². The average Bonchev–Trinajstić information content (AvgIpc) is 2.85. The Bertz CT molecular complexity index is 445. The summed E-state index contributed by atoms with van der Waals surface area (Å²) >= 11 is 0. The predicted molar refractivity (Wildman–Crippen MR) is 73.7 cm³/mol. The van der Waals surface area contributed by atoms with E-state index in [1.165, 1.54) is 0 Å². The Morgan fingerprint density at radius 2 is 2.21 bits per heavy atom. The fourth-order valence-electron chi connectivity index (χ4n) is 2.31. The number of carbonyl (C=O) groups is 1. The van der Waals surface area contributed by atoms with Gasteiger partial charge in [0.15, 0.2) is 5.78 Å². The van der Waals surface area contributed by atoms with Gasteiger partial charge in [0.05, 0.1) is 25.2 Å². The fraction of sp³-hybridized carbons (Fsp3) is 0.533. The first kappa shape index (κ1) is 14.0. The van der Waals surface area contributed by atoms with E-state index in [-0.39, 0.29) is 23.8 Å². The van der Waals surface area contributed by atoms with Crippen LogP contribution in [-0.4, -0.2) is 38.2 Å². The van der Waals surface area contributed by atoms with Crippen molar-refractivity contribution in [1.29, 1.82) is 0 Å². The monoisotopic (exact) mass is 263 g/mol. The number of likely N-dealkylation sites (N-methyl/N-ethyl adjacent to an activating group) is 1. The van der Waals surface area contributed by atoms with Gasteiger partial charge >= 0.3 is 0 Å². The lowest BCUT2D eigenvalue weighted by Gasteiger charge is -2.16. The predicted octanol–water partition coefficient (Wildman–Crippen LogP) is 1.89. The Morgan fingerprint density at radius 3 is 2.89 bits per heavy atom. The van der Waals surface area contributed by atoms with Crippen molar-refractivity contribution in [2.45, 2.75) is 26.0 Å². The zero-order valence-electron chi connectivity index (χ0n) is 11.7. The molecule has 2 rings (SSSR count). The molecule has 1 aromatic carbocycles. The number of ketones is 1. The van der Waals surface area contributed by atoms with Crippen LogP contribution in [0.2, 0.25) is 0 Å². The largest absolute Gasteiger partial charge is 0.491 e. The summed E-state index contributed by atoms with van der Waals surface area (Å²) in [7, 11) is 1.86. The summed E-state index contributed by atoms with van der Waals surface area (Å²) in [6, 6.07) is 7.47. The van der Waals surface area contributed by atoms with Gasteiger partial charge in [-0.1, -0.05) is 12.1 Å². The highest BCUT2D eigenvalue weighted by Gasteiger charge is 2.33. The summed E-state index contributed by atoms with van der Waals surface area (Å²) in [4.78, 5) is 12.5. The van der Waals surface area contributed by atoms with Crippen LogP contribution in [0.25, 0.3) is 0 Å². The van der Waals surface area contributed by atoms with E-state index in [4.69, 9.17) is 9.47 Å². The molecule has 1 heterocycles. The van der Waals surface area contributed by atoms with Crippen LogP contribution in [-0.2, 0) is 4.74 Å². The van der Waals surface area contributed by atoms with Crippen molar-refractivity contribution in [2.75, 3.05) is 20.3 Å². The SMILES string of the molecule is CNC1COCC1C(=O)c1cccc(OC(C)C)c1. The number of carbonyl (C=O) groups excluding carboxylic acids is 1. The van der Waals surface area contributed by atoms with Crippen LogP contribution in [0.5, 0.6) is 5.75 Å². The zero-order valence-corrected chi connectivity index (χ0v) is 11.7. The van der Waals surface area contributed by atoms with E-state index in [2.05, 4.69) is 5.32 Å². The third-order valence-corrected chi connectivity index (χ3v) is 3.28. The molecule has 1 aliphatic heterocycles. The second-order valence-corrected chi connectivity index (χ2v) is 5.10. The van der Waals surface area contributed by atoms with Crippen LogP contribution in [0.3, 0.4) is 0 Å². The Kier molecular flexibility index (Phi) is 4.56. The van der Waals surface area contributed by atoms with Crippen LogP contribution in [0.15, 0.2) is 24.3 Å². The molecular formula is C15H21NO3. The van der Waals surface area contributed by atoms with Crippen LogP contribution in [0.4, 0.5) is 0 Å². The molecule has 0 saturated carbocycles. The number of hydrogen-bond acceptors (Lipinski definition) is 4. The highest BCUT2D eigenvalue weighted by Crippen LogP contribution is 2.22. The van der Waals surface area contributed by atoms with E-state index < -0.39 is 0 Å². The quantitative estimate of drug-likeness (QED) is 0.824. The Morgan fingerprint density at radius 1 is 1.42 bits per heavy atom. The maximum Gasteiger partial charge on any atom is 0.170 e. The number of ether oxygens (including phenoxy) is 2. The summed E-state index contributed by atoms with van der Waals surface area (Å²) in [5, 5.41) is 3.13. The summed E-state index contributed by atoms with van der Waals surface area (Å²) in [6.45, 7) is 5.02. The second-order valence-electron chi connectivity index (χ2n) is 5.10. The molecule has 4 heteroatoms. The minimum Gasteiger partial charge on any atom is -0.491 e. The van der Waals surface area contributed by atoms with Gasteiger partial charge in [-0.25, -0.2) is 0 Å². The van der Waals surface area contributed by atoms with Crippen molar-refractivity contribution >= 4 is 5.78 Å². The van der Waals surface area contributed by atoms with Crippen molar-refractivity contribution < 1.29 is 14.3 Å². The third kappa shape index (κ3) is 3.33. The fourth-order valence-corrected chi connectivity index (χ4v) is 2.31. The molecular weight excluding hydrogens is 242 g/mol.